The molecule has 0 aliphatic carbocycles. The van der Waals surface area contributed by atoms with Crippen molar-refractivity contribution in [1.82, 2.24) is 18.7 Å². The number of carbonyl (C=O) groups is 1. The predicted octanol–water partition coefficient (Wildman–Crippen LogP) is 1.45. The Bertz CT molecular complexity index is 1200. The van der Waals surface area contributed by atoms with E-state index >= 15 is 0 Å². The Morgan fingerprint density at radius 2 is 1.79 bits per heavy atom. The normalized spacial score (nSPS) is 16.4. The molecule has 0 unspecified atom stereocenters. The summed E-state index contributed by atoms with van der Waals surface area (Å²) in [6.45, 7) is 3.61. The van der Waals surface area contributed by atoms with Gasteiger partial charge >= 0.3 is 0 Å². The van der Waals surface area contributed by atoms with Crippen molar-refractivity contribution in [2.24, 2.45) is 0 Å². The van der Waals surface area contributed by atoms with Gasteiger partial charge in [-0.1, -0.05) is 35.5 Å². The number of hydrogen-bond acceptors (Lipinski definition) is 7. The number of sulfonamides is 2. The Kier molecular flexibility index (Phi) is 7.73. The van der Waals surface area contributed by atoms with Gasteiger partial charge in [-0.3, -0.25) is 4.79 Å². The van der Waals surface area contributed by atoms with Gasteiger partial charge in [-0.25, -0.2) is 16.8 Å². The average molecular weight is 497 g/mol. The molecule has 0 radical (unpaired) electrons. The molecule has 0 spiro atoms. The summed E-state index contributed by atoms with van der Waals surface area (Å²) >= 11 is 0. The second-order valence-corrected chi connectivity index (χ2v) is 11.6. The molecule has 1 saturated heterocycles. The largest absolute Gasteiger partial charge is 0.360 e. The molecule has 3 rings (SSSR count). The zero-order valence-corrected chi connectivity index (χ0v) is 20.5. The lowest BCUT2D eigenvalue weighted by molar-refractivity contribution is -0.131. The Morgan fingerprint density at radius 3 is 2.42 bits per heavy atom. The predicted molar refractivity (Wildman–Crippen MR) is 123 cm³/mol. The molecule has 1 aliphatic heterocycles. The molecule has 1 aromatic heterocycles. The van der Waals surface area contributed by atoms with Crippen LogP contribution in [-0.2, 0) is 24.8 Å². The number of amides is 1. The topological polar surface area (TPSA) is 121 Å². The second kappa shape index (κ2) is 10.2. The fourth-order valence-electron chi connectivity index (χ4n) is 3.57. The van der Waals surface area contributed by atoms with E-state index in [1.165, 1.54) is 22.3 Å². The van der Waals surface area contributed by atoms with Gasteiger partial charge in [0.2, 0.25) is 26.0 Å². The summed E-state index contributed by atoms with van der Waals surface area (Å²) in [7, 11) is -6.26. The van der Waals surface area contributed by atoms with Crippen molar-refractivity contribution in [2.45, 2.75) is 25.2 Å². The Hall–Kier alpha value is -2.54. The monoisotopic (exact) mass is 496 g/mol. The van der Waals surface area contributed by atoms with Crippen LogP contribution < -0.4 is 0 Å². The summed E-state index contributed by atoms with van der Waals surface area (Å²) in [5.41, 5.74) is 1.02. The van der Waals surface area contributed by atoms with E-state index in [9.17, 15) is 21.6 Å². The van der Waals surface area contributed by atoms with E-state index in [1.54, 1.807) is 38.1 Å². The third-order valence-corrected chi connectivity index (χ3v) is 9.02. The standard InChI is InChI=1S/C21H28N4O6S2/c1-17-21(18(2)31-22-17)33(29,30)25-12-7-11-24(13-14-25)20(26)16-23(3)32(27,28)15-10-19-8-5-4-6-9-19/h4-6,8-10,15H,7,11-14,16H2,1-3H3/b15-10+. The highest BCUT2D eigenvalue weighted by molar-refractivity contribution is 7.92. The number of rotatable bonds is 7. The molecule has 0 bridgehead atoms. The van der Waals surface area contributed by atoms with Crippen molar-refractivity contribution < 1.29 is 26.2 Å². The highest BCUT2D eigenvalue weighted by atomic mass is 32.2. The van der Waals surface area contributed by atoms with Crippen molar-refractivity contribution in [3.63, 3.8) is 0 Å². The minimum atomic E-state index is -3.81. The first-order valence-corrected chi connectivity index (χ1v) is 13.4. The quantitative estimate of drug-likeness (QED) is 0.569. The number of hydrogen-bond donors (Lipinski definition) is 0. The van der Waals surface area contributed by atoms with E-state index in [0.29, 0.717) is 18.7 Å². The Morgan fingerprint density at radius 1 is 1.09 bits per heavy atom. The maximum atomic E-state index is 13.0. The zero-order valence-electron chi connectivity index (χ0n) is 18.8. The molecule has 10 nitrogen and oxygen atoms in total. The third kappa shape index (κ3) is 5.88. The van der Waals surface area contributed by atoms with Crippen LogP contribution in [0.15, 0.2) is 45.2 Å². The molecule has 2 heterocycles. The fourth-order valence-corrected chi connectivity index (χ4v) is 6.16. The molecule has 33 heavy (non-hydrogen) atoms. The smallest absolute Gasteiger partial charge is 0.248 e. The number of aryl methyl sites for hydroxylation is 2. The highest BCUT2D eigenvalue weighted by Gasteiger charge is 2.33. The van der Waals surface area contributed by atoms with Crippen molar-refractivity contribution in [2.75, 3.05) is 39.8 Å². The summed E-state index contributed by atoms with van der Waals surface area (Å²) in [6.07, 6.45) is 1.90. The molecule has 0 saturated carbocycles. The molecule has 1 amide bonds. The van der Waals surface area contributed by atoms with E-state index in [0.717, 1.165) is 15.3 Å². The van der Waals surface area contributed by atoms with Gasteiger partial charge in [0.25, 0.3) is 0 Å². The molecular formula is C21H28N4O6S2. The summed E-state index contributed by atoms with van der Waals surface area (Å²) in [6, 6.07) is 8.98. The van der Waals surface area contributed by atoms with Crippen LogP contribution in [0.25, 0.3) is 6.08 Å². The molecule has 180 valence electrons. The summed E-state index contributed by atoms with van der Waals surface area (Å²) in [5, 5.41) is 4.79. The molecule has 2 aromatic rings. The minimum absolute atomic E-state index is 0.0540. The number of nitrogens with zero attached hydrogens (tertiary/aromatic N) is 4. The van der Waals surface area contributed by atoms with Gasteiger partial charge in [0, 0.05) is 38.6 Å². The molecule has 12 heteroatoms. The third-order valence-electron chi connectivity index (χ3n) is 5.40. The van der Waals surface area contributed by atoms with Gasteiger partial charge in [0.1, 0.15) is 10.6 Å². The first kappa shape index (κ1) is 25.1. The van der Waals surface area contributed by atoms with Crippen LogP contribution in [0.5, 0.6) is 0 Å². The lowest BCUT2D eigenvalue weighted by Crippen LogP contribution is -2.42. The fraction of sp³-hybridized carbons (Fsp3) is 0.429. The van der Waals surface area contributed by atoms with Crippen LogP contribution in [0, 0.1) is 13.8 Å². The molecular weight excluding hydrogens is 468 g/mol. The lowest BCUT2D eigenvalue weighted by Gasteiger charge is -2.24. The molecule has 0 atom stereocenters. The van der Waals surface area contributed by atoms with Gasteiger partial charge in [-0.2, -0.15) is 8.61 Å². The van der Waals surface area contributed by atoms with Crippen LogP contribution in [0.4, 0.5) is 0 Å². The first-order chi connectivity index (χ1) is 15.5. The van der Waals surface area contributed by atoms with Gasteiger partial charge in [-0.15, -0.1) is 0 Å². The van der Waals surface area contributed by atoms with Crippen molar-refractivity contribution in [3.8, 4) is 0 Å². The van der Waals surface area contributed by atoms with E-state index in [1.807, 2.05) is 6.07 Å². The summed E-state index contributed by atoms with van der Waals surface area (Å²) < 4.78 is 58.5. The maximum Gasteiger partial charge on any atom is 0.248 e. The van der Waals surface area contributed by atoms with Gasteiger partial charge in [0.15, 0.2) is 5.76 Å². The lowest BCUT2D eigenvalue weighted by atomic mass is 10.2. The van der Waals surface area contributed by atoms with Crippen LogP contribution in [0.1, 0.15) is 23.4 Å². The van der Waals surface area contributed by atoms with E-state index in [-0.39, 0.29) is 42.7 Å². The van der Waals surface area contributed by atoms with Gasteiger partial charge < -0.3 is 9.42 Å². The molecule has 1 fully saturated rings. The zero-order chi connectivity index (χ0) is 24.2. The SMILES string of the molecule is Cc1noc(C)c1S(=O)(=O)N1CCCN(C(=O)CN(C)S(=O)(=O)/C=C/c2ccccc2)CC1. The maximum absolute atomic E-state index is 13.0. The van der Waals surface area contributed by atoms with E-state index in [4.69, 9.17) is 4.52 Å². The highest BCUT2D eigenvalue weighted by Crippen LogP contribution is 2.24. The molecule has 1 aromatic carbocycles. The van der Waals surface area contributed by atoms with E-state index in [2.05, 4.69) is 5.16 Å². The van der Waals surface area contributed by atoms with Gasteiger partial charge in [-0.05, 0) is 31.9 Å². The number of aromatic nitrogens is 1. The number of carbonyl (C=O) groups excluding carboxylic acids is 1. The Balaban J connectivity index is 1.63. The van der Waals surface area contributed by atoms with Crippen LogP contribution in [0.2, 0.25) is 0 Å². The summed E-state index contributed by atoms with van der Waals surface area (Å²) in [5.74, 6) is -0.161. The van der Waals surface area contributed by atoms with E-state index < -0.39 is 20.0 Å². The van der Waals surface area contributed by atoms with Crippen molar-refractivity contribution in [1.29, 1.82) is 0 Å². The van der Waals surface area contributed by atoms with Gasteiger partial charge in [0.05, 0.1) is 6.54 Å². The van der Waals surface area contributed by atoms with Crippen molar-refractivity contribution in [3.05, 3.63) is 52.8 Å². The summed E-state index contributed by atoms with van der Waals surface area (Å²) in [4.78, 5) is 14.3. The Labute approximate surface area is 194 Å². The average Bonchev–Trinajstić information content (AvgIpc) is 2.97. The molecule has 0 N–H and O–H groups in total. The molecule has 1 aliphatic rings. The van der Waals surface area contributed by atoms with Crippen LogP contribution >= 0.6 is 0 Å². The first-order valence-electron chi connectivity index (χ1n) is 10.4. The second-order valence-electron chi connectivity index (χ2n) is 7.81. The van der Waals surface area contributed by atoms with Crippen LogP contribution in [-0.4, -0.2) is 81.2 Å². The number of benzene rings is 1. The van der Waals surface area contributed by atoms with Crippen LogP contribution in [0.3, 0.4) is 0 Å². The number of likely N-dealkylation sites (N-methyl/N-ethyl adjacent to an activating group) is 1. The minimum Gasteiger partial charge on any atom is -0.360 e. The van der Waals surface area contributed by atoms with Crippen molar-refractivity contribution >= 4 is 32.0 Å².